The number of hydrogen-bond acceptors (Lipinski definition) is 3. The highest BCUT2D eigenvalue weighted by molar-refractivity contribution is 7.71. The number of rotatable bonds is 2. The van der Waals surface area contributed by atoms with Crippen LogP contribution < -0.4 is 0 Å². The highest BCUT2D eigenvalue weighted by atomic mass is 32.1. The average Bonchev–Trinajstić information content (AvgIpc) is 2.83. The molecule has 1 aliphatic rings. The number of aromatic amines is 1. The van der Waals surface area contributed by atoms with Crippen molar-refractivity contribution in [2.75, 3.05) is 0 Å². The van der Waals surface area contributed by atoms with Gasteiger partial charge in [-0.05, 0) is 30.8 Å². The molecule has 2 aromatic heterocycles. The first-order valence-corrected chi connectivity index (χ1v) is 6.18. The zero-order chi connectivity index (χ0) is 12.4. The number of pyridine rings is 1. The van der Waals surface area contributed by atoms with Gasteiger partial charge in [0.15, 0.2) is 10.6 Å². The Hall–Kier alpha value is -2.01. The summed E-state index contributed by atoms with van der Waals surface area (Å²) in [6.45, 7) is 0. The Balaban J connectivity index is 2.10. The van der Waals surface area contributed by atoms with Gasteiger partial charge in [0, 0.05) is 18.0 Å². The van der Waals surface area contributed by atoms with Crippen LogP contribution in [0.2, 0.25) is 0 Å². The quantitative estimate of drug-likeness (QED) is 0.840. The van der Waals surface area contributed by atoms with Crippen molar-refractivity contribution in [3.05, 3.63) is 53.6 Å². The smallest absolute Gasteiger partial charge is 0.196 e. The van der Waals surface area contributed by atoms with Crippen LogP contribution in [0, 0.1) is 4.77 Å². The number of nitrogens with one attached hydrogen (secondary N) is 1. The van der Waals surface area contributed by atoms with Gasteiger partial charge in [0.05, 0.1) is 6.04 Å². The highest BCUT2D eigenvalue weighted by Crippen LogP contribution is 2.25. The van der Waals surface area contributed by atoms with Crippen molar-refractivity contribution in [2.24, 2.45) is 0 Å². The predicted molar refractivity (Wildman–Crippen MR) is 72.6 cm³/mol. The maximum Gasteiger partial charge on any atom is 0.196 e. The molecule has 3 rings (SSSR count). The van der Waals surface area contributed by atoms with Gasteiger partial charge in [0.25, 0.3) is 0 Å². The molecular formula is C13H12N4S. The predicted octanol–water partition coefficient (Wildman–Crippen LogP) is 3.06. The van der Waals surface area contributed by atoms with Crippen LogP contribution >= 0.6 is 12.2 Å². The maximum absolute atomic E-state index is 5.32. The van der Waals surface area contributed by atoms with E-state index in [1.807, 2.05) is 28.9 Å². The third-order valence-electron chi connectivity index (χ3n) is 2.93. The Bertz CT molecular complexity index is 651. The summed E-state index contributed by atoms with van der Waals surface area (Å²) in [4.78, 5) is 4.02. The summed E-state index contributed by atoms with van der Waals surface area (Å²) in [5.74, 6) is 0.854. The fraction of sp³-hybridized carbons (Fsp3) is 0.154. The molecule has 0 fully saturated rings. The van der Waals surface area contributed by atoms with Gasteiger partial charge in [-0.2, -0.15) is 5.10 Å². The molecule has 1 unspecified atom stereocenters. The minimum atomic E-state index is 0.226. The molecule has 2 heterocycles. The van der Waals surface area contributed by atoms with Gasteiger partial charge in [-0.1, -0.05) is 24.3 Å². The van der Waals surface area contributed by atoms with Gasteiger partial charge in [-0.15, -0.1) is 0 Å². The molecule has 0 radical (unpaired) electrons. The van der Waals surface area contributed by atoms with Gasteiger partial charge < -0.3 is 0 Å². The first-order valence-electron chi connectivity index (χ1n) is 5.77. The lowest BCUT2D eigenvalue weighted by atomic mass is 10.1. The summed E-state index contributed by atoms with van der Waals surface area (Å²) in [6.07, 6.45) is 12.8. The third-order valence-corrected chi connectivity index (χ3v) is 3.22. The topological polar surface area (TPSA) is 46.5 Å². The second-order valence-corrected chi connectivity index (χ2v) is 4.46. The largest absolute Gasteiger partial charge is 0.293 e. The van der Waals surface area contributed by atoms with Gasteiger partial charge >= 0.3 is 0 Å². The first kappa shape index (κ1) is 11.1. The van der Waals surface area contributed by atoms with Gasteiger partial charge in [0.2, 0.25) is 0 Å². The lowest BCUT2D eigenvalue weighted by Crippen LogP contribution is -2.09. The lowest BCUT2D eigenvalue weighted by Gasteiger charge is -2.16. The van der Waals surface area contributed by atoms with E-state index in [0.717, 1.165) is 17.8 Å². The van der Waals surface area contributed by atoms with Crippen LogP contribution in [0.25, 0.3) is 11.4 Å². The molecule has 0 aromatic carbocycles. The second-order valence-electron chi connectivity index (χ2n) is 4.07. The molecule has 5 heteroatoms. The molecular weight excluding hydrogens is 244 g/mol. The Labute approximate surface area is 110 Å². The van der Waals surface area contributed by atoms with E-state index in [9.17, 15) is 0 Å². The Morgan fingerprint density at radius 2 is 2.11 bits per heavy atom. The summed E-state index contributed by atoms with van der Waals surface area (Å²) in [6, 6.07) is 4.10. The Morgan fingerprint density at radius 1 is 1.28 bits per heavy atom. The number of hydrogen-bond donors (Lipinski definition) is 1. The van der Waals surface area contributed by atoms with Crippen LogP contribution in [-0.4, -0.2) is 19.7 Å². The molecule has 0 bridgehead atoms. The minimum Gasteiger partial charge on any atom is -0.293 e. The average molecular weight is 256 g/mol. The van der Waals surface area contributed by atoms with Crippen molar-refractivity contribution >= 4 is 12.2 Å². The van der Waals surface area contributed by atoms with E-state index in [-0.39, 0.29) is 6.04 Å². The fourth-order valence-corrected chi connectivity index (χ4v) is 2.34. The molecule has 1 atom stereocenters. The van der Waals surface area contributed by atoms with E-state index in [4.69, 9.17) is 12.2 Å². The lowest BCUT2D eigenvalue weighted by molar-refractivity contribution is 0.604. The molecule has 0 saturated carbocycles. The SMILES string of the molecule is S=c1[nH]nc(-c2ccncc2)n1C1C=CC=CC1. The summed E-state index contributed by atoms with van der Waals surface area (Å²) in [7, 11) is 0. The summed E-state index contributed by atoms with van der Waals surface area (Å²) < 4.78 is 2.69. The second kappa shape index (κ2) is 4.70. The zero-order valence-electron chi connectivity index (χ0n) is 9.65. The standard InChI is InChI=1S/C13H12N4S/c18-13-16-15-12(10-6-8-14-9-7-10)17(13)11-4-2-1-3-5-11/h1-4,6-9,11H,5H2,(H,16,18). The van der Waals surface area contributed by atoms with Gasteiger partial charge in [-0.25, -0.2) is 0 Å². The van der Waals surface area contributed by atoms with E-state index in [1.54, 1.807) is 12.4 Å². The molecule has 0 saturated heterocycles. The molecule has 0 amide bonds. The molecule has 0 spiro atoms. The molecule has 4 nitrogen and oxygen atoms in total. The van der Waals surface area contributed by atoms with Crippen LogP contribution in [0.1, 0.15) is 12.5 Å². The van der Waals surface area contributed by atoms with E-state index < -0.39 is 0 Å². The van der Waals surface area contributed by atoms with Crippen molar-refractivity contribution in [1.29, 1.82) is 0 Å². The first-order chi connectivity index (χ1) is 8.86. The highest BCUT2D eigenvalue weighted by Gasteiger charge is 2.15. The van der Waals surface area contributed by atoms with Crippen molar-refractivity contribution in [2.45, 2.75) is 12.5 Å². The third kappa shape index (κ3) is 1.93. The molecule has 1 N–H and O–H groups in total. The van der Waals surface area contributed by atoms with Crippen molar-refractivity contribution in [1.82, 2.24) is 19.7 Å². The fourth-order valence-electron chi connectivity index (χ4n) is 2.08. The molecule has 2 aromatic rings. The monoisotopic (exact) mass is 256 g/mol. The Kier molecular flexibility index (Phi) is 2.90. The molecule has 0 aliphatic heterocycles. The molecule has 18 heavy (non-hydrogen) atoms. The van der Waals surface area contributed by atoms with Crippen LogP contribution in [0.3, 0.4) is 0 Å². The van der Waals surface area contributed by atoms with Crippen LogP contribution in [0.5, 0.6) is 0 Å². The summed E-state index contributed by atoms with van der Waals surface area (Å²) in [5.41, 5.74) is 1.01. The van der Waals surface area contributed by atoms with Gasteiger partial charge in [-0.3, -0.25) is 14.6 Å². The Morgan fingerprint density at radius 3 is 2.83 bits per heavy atom. The van der Waals surface area contributed by atoms with Crippen LogP contribution in [0.15, 0.2) is 48.8 Å². The molecule has 90 valence electrons. The van der Waals surface area contributed by atoms with E-state index in [2.05, 4.69) is 27.3 Å². The van der Waals surface area contributed by atoms with Crippen molar-refractivity contribution < 1.29 is 0 Å². The number of allylic oxidation sites excluding steroid dienone is 4. The molecule has 1 aliphatic carbocycles. The minimum absolute atomic E-state index is 0.226. The maximum atomic E-state index is 5.32. The normalized spacial score (nSPS) is 18.1. The van der Waals surface area contributed by atoms with Crippen LogP contribution in [-0.2, 0) is 0 Å². The summed E-state index contributed by atoms with van der Waals surface area (Å²) >= 11 is 5.32. The van der Waals surface area contributed by atoms with E-state index in [0.29, 0.717) is 4.77 Å². The van der Waals surface area contributed by atoms with E-state index >= 15 is 0 Å². The van der Waals surface area contributed by atoms with E-state index in [1.165, 1.54) is 0 Å². The van der Waals surface area contributed by atoms with Crippen molar-refractivity contribution in [3.8, 4) is 11.4 Å². The number of nitrogens with zero attached hydrogens (tertiary/aromatic N) is 3. The van der Waals surface area contributed by atoms with Crippen molar-refractivity contribution in [3.63, 3.8) is 0 Å². The summed E-state index contributed by atoms with van der Waals surface area (Å²) in [5, 5.41) is 7.19. The number of aromatic nitrogens is 4. The van der Waals surface area contributed by atoms with Gasteiger partial charge in [0.1, 0.15) is 0 Å². The van der Waals surface area contributed by atoms with Crippen LogP contribution in [0.4, 0.5) is 0 Å². The number of H-pyrrole nitrogens is 1. The zero-order valence-corrected chi connectivity index (χ0v) is 10.5.